The molecule has 0 spiro atoms. The van der Waals surface area contributed by atoms with Crippen molar-refractivity contribution in [3.63, 3.8) is 0 Å². The van der Waals surface area contributed by atoms with Gasteiger partial charge in [0, 0.05) is 25.6 Å². The van der Waals surface area contributed by atoms with Crippen molar-refractivity contribution in [3.05, 3.63) is 0 Å². The molecule has 10 heteroatoms. The molecule has 1 saturated carbocycles. The number of hydrogen-bond donors (Lipinski definition) is 0. The Morgan fingerprint density at radius 1 is 0.909 bits per heavy atom. The zero-order valence-corrected chi connectivity index (χ0v) is 20.6. The van der Waals surface area contributed by atoms with Crippen LogP contribution in [0.3, 0.4) is 0 Å². The van der Waals surface area contributed by atoms with Crippen LogP contribution < -0.4 is 0 Å². The van der Waals surface area contributed by atoms with Gasteiger partial charge in [-0.25, -0.2) is 4.79 Å². The summed E-state index contributed by atoms with van der Waals surface area (Å²) in [4.78, 5) is 28.5. The molecule has 2 aliphatic heterocycles. The molecule has 33 heavy (non-hydrogen) atoms. The molecular weight excluding hydrogens is 412 g/mol. The Morgan fingerprint density at radius 3 is 1.97 bits per heavy atom. The third kappa shape index (κ3) is 6.99. The number of likely N-dealkylation sites (tertiary alicyclic amines) is 2. The summed E-state index contributed by atoms with van der Waals surface area (Å²) in [6.07, 6.45) is 6.73. The Morgan fingerprint density at radius 2 is 1.45 bits per heavy atom. The number of amides is 2. The number of carbonyl (C=O) groups excluding carboxylic acids is 2. The normalized spacial score (nSPS) is 25.1. The van der Waals surface area contributed by atoms with Gasteiger partial charge in [-0.1, -0.05) is 19.3 Å². The van der Waals surface area contributed by atoms with Gasteiger partial charge in [-0.3, -0.25) is 4.79 Å². The first-order valence-corrected chi connectivity index (χ1v) is 12.4. The van der Waals surface area contributed by atoms with Gasteiger partial charge in [-0.2, -0.15) is 0 Å². The predicted molar refractivity (Wildman–Crippen MR) is 131 cm³/mol. The zero-order chi connectivity index (χ0) is 24.4. The molecule has 0 N–H and O–H groups in total. The lowest BCUT2D eigenvalue weighted by Crippen LogP contribution is -2.70. The Labute approximate surface area is 204 Å². The van der Waals surface area contributed by atoms with E-state index in [0.29, 0.717) is 18.4 Å². The quantitative estimate of drug-likeness (QED) is 0.620. The third-order valence-corrected chi connectivity index (χ3v) is 6.97. The van der Waals surface area contributed by atoms with Crippen LogP contribution in [0.5, 0.6) is 0 Å². The summed E-state index contributed by atoms with van der Waals surface area (Å²) in [6.45, 7) is 7.31. The maximum Gasteiger partial charge on any atom is 0.408 e. The van der Waals surface area contributed by atoms with Crippen LogP contribution in [0.1, 0.15) is 78.6 Å². The van der Waals surface area contributed by atoms with Gasteiger partial charge in [0.05, 0.1) is 37.5 Å². The predicted octanol–water partition coefficient (Wildman–Crippen LogP) is 2.20. The smallest absolute Gasteiger partial charge is 0.408 e. The topological polar surface area (TPSA) is 59.1 Å². The van der Waals surface area contributed by atoms with Gasteiger partial charge >= 0.3 is 6.09 Å². The van der Waals surface area contributed by atoms with Crippen molar-refractivity contribution in [2.45, 2.75) is 101 Å². The molecule has 3 rings (SSSR count). The number of nitrogens with zero attached hydrogens (tertiary/aromatic N) is 2. The van der Waals surface area contributed by atoms with E-state index in [1.807, 2.05) is 4.90 Å². The van der Waals surface area contributed by atoms with E-state index in [4.69, 9.17) is 40.9 Å². The van der Waals surface area contributed by atoms with E-state index in [9.17, 15) is 9.59 Å². The largest absolute Gasteiger partial charge is 0.444 e. The van der Waals surface area contributed by atoms with E-state index < -0.39 is 22.4 Å². The van der Waals surface area contributed by atoms with E-state index in [2.05, 4.69) is 0 Å². The first-order valence-electron chi connectivity index (χ1n) is 12.4. The van der Waals surface area contributed by atoms with Gasteiger partial charge in [0.25, 0.3) is 0 Å². The fourth-order valence-corrected chi connectivity index (χ4v) is 5.34. The summed E-state index contributed by atoms with van der Waals surface area (Å²) in [7, 11) is 25.0. The van der Waals surface area contributed by atoms with E-state index in [-0.39, 0.29) is 24.9 Å². The van der Waals surface area contributed by atoms with Crippen LogP contribution in [0, 0.1) is 11.8 Å². The molecule has 0 atom stereocenters. The van der Waals surface area contributed by atoms with Crippen molar-refractivity contribution in [3.8, 4) is 0 Å². The van der Waals surface area contributed by atoms with Crippen LogP contribution in [-0.2, 0) is 14.3 Å². The molecule has 6 nitrogen and oxygen atoms in total. The molecule has 8 radical (unpaired) electrons. The zero-order valence-electron chi connectivity index (χ0n) is 20.6. The third-order valence-electron chi connectivity index (χ3n) is 6.97. The van der Waals surface area contributed by atoms with Crippen LogP contribution in [0.15, 0.2) is 0 Å². The molecule has 2 heterocycles. The van der Waals surface area contributed by atoms with Gasteiger partial charge in [0.1, 0.15) is 5.60 Å². The van der Waals surface area contributed by atoms with E-state index >= 15 is 0 Å². The Hall–Kier alpha value is -1.04. The summed E-state index contributed by atoms with van der Waals surface area (Å²) in [6, 6.07) is 0. The SMILES string of the molecule is [B]C1([B])CC(OCC2CCN(C(=O)C3CCCCC3)CC2)CC([B])([B])N1C(=O)OC(C)(C)C. The molecule has 2 amide bonds. The minimum absolute atomic E-state index is 0.196. The second-order valence-electron chi connectivity index (χ2n) is 11.3. The lowest BCUT2D eigenvalue weighted by molar-refractivity contribution is -0.138. The summed E-state index contributed by atoms with van der Waals surface area (Å²) in [5.74, 6) is 0.890. The average molecular weight is 448 g/mol. The molecule has 0 unspecified atom stereocenters. The highest BCUT2D eigenvalue weighted by atomic mass is 16.6. The highest BCUT2D eigenvalue weighted by Gasteiger charge is 2.48. The lowest BCUT2D eigenvalue weighted by atomic mass is 9.46. The van der Waals surface area contributed by atoms with E-state index in [1.54, 1.807) is 20.8 Å². The Bertz CT molecular complexity index is 681. The Kier molecular flexibility index (Phi) is 8.29. The minimum Gasteiger partial charge on any atom is -0.444 e. The van der Waals surface area contributed by atoms with Crippen LogP contribution in [0.2, 0.25) is 0 Å². The standard InChI is InChI=1S/C23H36B4N2O4/c1-21(2,3)33-20(31)29-22(24,25)13-18(14-23(29,26)27)32-15-16-9-11-28(12-10-16)19(30)17-7-5-4-6-8-17/h16-18H,4-15H2,1-3H3. The van der Waals surface area contributed by atoms with E-state index in [1.165, 1.54) is 19.3 Å². The second-order valence-corrected chi connectivity index (χ2v) is 11.3. The second kappa shape index (κ2) is 10.3. The van der Waals surface area contributed by atoms with Gasteiger partial charge < -0.3 is 19.3 Å². The van der Waals surface area contributed by atoms with Crippen LogP contribution >= 0.6 is 0 Å². The number of rotatable bonds is 4. The average Bonchev–Trinajstić information content (AvgIpc) is 2.69. The maximum absolute atomic E-state index is 12.8. The molecule has 0 aromatic carbocycles. The number of carbonyl (C=O) groups is 2. The summed E-state index contributed by atoms with van der Waals surface area (Å²) in [5, 5.41) is -3.19. The van der Waals surface area contributed by atoms with Gasteiger partial charge in [0.2, 0.25) is 5.91 Å². The first kappa shape index (κ1) is 26.6. The van der Waals surface area contributed by atoms with Gasteiger partial charge in [-0.15, -0.1) is 0 Å². The minimum atomic E-state index is -1.59. The van der Waals surface area contributed by atoms with Crippen molar-refractivity contribution in [2.75, 3.05) is 19.7 Å². The van der Waals surface area contributed by atoms with Gasteiger partial charge in [0.15, 0.2) is 0 Å². The number of ether oxygens (including phenoxy) is 2. The Balaban J connectivity index is 1.49. The molecule has 3 fully saturated rings. The maximum atomic E-state index is 12.8. The molecule has 174 valence electrons. The molecule has 3 aliphatic rings. The van der Waals surface area contributed by atoms with Crippen molar-refractivity contribution < 1.29 is 19.1 Å². The summed E-state index contributed by atoms with van der Waals surface area (Å²) >= 11 is 0. The van der Waals surface area contributed by atoms with Crippen LogP contribution in [0.25, 0.3) is 0 Å². The van der Waals surface area contributed by atoms with Crippen molar-refractivity contribution in [1.29, 1.82) is 0 Å². The molecule has 0 aromatic heterocycles. The van der Waals surface area contributed by atoms with Crippen molar-refractivity contribution >= 4 is 43.4 Å². The molecule has 0 bridgehead atoms. The van der Waals surface area contributed by atoms with Crippen molar-refractivity contribution in [2.24, 2.45) is 11.8 Å². The molecule has 0 aromatic rings. The molecular formula is C23H36B4N2O4. The molecule has 2 saturated heterocycles. The van der Waals surface area contributed by atoms with Crippen LogP contribution in [0.4, 0.5) is 4.79 Å². The summed E-state index contributed by atoms with van der Waals surface area (Å²) in [5.41, 5.74) is -0.732. The fraction of sp³-hybridized carbons (Fsp3) is 0.913. The lowest BCUT2D eigenvalue weighted by Gasteiger charge is -2.56. The van der Waals surface area contributed by atoms with Crippen LogP contribution in [-0.4, -0.2) is 95.3 Å². The highest BCUT2D eigenvalue weighted by molar-refractivity contribution is 6.45. The van der Waals surface area contributed by atoms with E-state index in [0.717, 1.165) is 43.7 Å². The monoisotopic (exact) mass is 448 g/mol. The number of hydrogen-bond acceptors (Lipinski definition) is 4. The number of piperidine rings is 2. The van der Waals surface area contributed by atoms with Crippen molar-refractivity contribution in [1.82, 2.24) is 9.80 Å². The fourth-order valence-electron chi connectivity index (χ4n) is 5.34. The van der Waals surface area contributed by atoms with Gasteiger partial charge in [-0.05, 0) is 75.9 Å². The first-order chi connectivity index (χ1) is 15.3. The highest BCUT2D eigenvalue weighted by Crippen LogP contribution is 2.36. The summed E-state index contributed by atoms with van der Waals surface area (Å²) < 4.78 is 11.5. The molecule has 1 aliphatic carbocycles.